The van der Waals surface area contributed by atoms with Gasteiger partial charge < -0.3 is 20.1 Å². The van der Waals surface area contributed by atoms with Gasteiger partial charge in [-0.3, -0.25) is 14.6 Å². The minimum atomic E-state index is -0.607. The Hall–Kier alpha value is -2.49. The third-order valence-electron chi connectivity index (χ3n) is 5.24. The quantitative estimate of drug-likeness (QED) is 0.602. The Morgan fingerprint density at radius 1 is 1.31 bits per heavy atom. The third-order valence-corrected chi connectivity index (χ3v) is 5.24. The van der Waals surface area contributed by atoms with Gasteiger partial charge in [-0.05, 0) is 32.0 Å². The highest BCUT2D eigenvalue weighted by Crippen LogP contribution is 2.29. The molecule has 158 valence electrons. The largest absolute Gasteiger partial charge is 0.461 e. The van der Waals surface area contributed by atoms with E-state index in [2.05, 4.69) is 15.2 Å². The first-order chi connectivity index (χ1) is 13.9. The number of nitrogens with zero attached hydrogens (tertiary/aromatic N) is 2. The van der Waals surface area contributed by atoms with E-state index < -0.39 is 17.8 Å². The number of rotatable bonds is 7. The average molecular weight is 406 g/mol. The van der Waals surface area contributed by atoms with E-state index in [1.165, 1.54) is 18.2 Å². The highest BCUT2D eigenvalue weighted by atomic mass is 19.1. The molecule has 1 aliphatic heterocycles. The van der Waals surface area contributed by atoms with Crippen molar-refractivity contribution in [3.05, 3.63) is 29.7 Å². The molecule has 1 aromatic carbocycles. The Morgan fingerprint density at radius 2 is 2.03 bits per heavy atom. The number of H-pyrrole nitrogens is 1. The van der Waals surface area contributed by atoms with Crippen LogP contribution in [0.1, 0.15) is 24.3 Å². The molecule has 0 bridgehead atoms. The first kappa shape index (κ1) is 21.2. The maximum Gasteiger partial charge on any atom is 0.356 e. The van der Waals surface area contributed by atoms with Gasteiger partial charge in [0.15, 0.2) is 0 Å². The molecule has 0 aliphatic carbocycles. The minimum Gasteiger partial charge on any atom is -0.461 e. The van der Waals surface area contributed by atoms with Crippen molar-refractivity contribution in [2.24, 2.45) is 0 Å². The molecule has 29 heavy (non-hydrogen) atoms. The second-order valence-corrected chi connectivity index (χ2v) is 7.05. The lowest BCUT2D eigenvalue weighted by Gasteiger charge is -2.37. The summed E-state index contributed by atoms with van der Waals surface area (Å²) in [5.41, 5.74) is 0.865. The number of benzene rings is 1. The summed E-state index contributed by atoms with van der Waals surface area (Å²) >= 11 is 0. The fourth-order valence-corrected chi connectivity index (χ4v) is 3.56. The first-order valence-electron chi connectivity index (χ1n) is 9.81. The van der Waals surface area contributed by atoms with Gasteiger partial charge in [0.05, 0.1) is 24.9 Å². The summed E-state index contributed by atoms with van der Waals surface area (Å²) in [6.07, 6.45) is 0. The number of aromatic amines is 1. The molecule has 1 atom stereocenters. The minimum absolute atomic E-state index is 0.0979. The zero-order chi connectivity index (χ0) is 21.0. The summed E-state index contributed by atoms with van der Waals surface area (Å²) < 4.78 is 18.9. The molecule has 0 spiro atoms. The van der Waals surface area contributed by atoms with Crippen molar-refractivity contribution < 1.29 is 23.8 Å². The maximum atomic E-state index is 13.8. The van der Waals surface area contributed by atoms with Gasteiger partial charge in [0.25, 0.3) is 0 Å². The van der Waals surface area contributed by atoms with Crippen LogP contribution in [-0.2, 0) is 9.53 Å². The molecule has 1 aromatic heterocycles. The molecular formula is C20H27FN4O4. The number of carbonyl (C=O) groups excluding carboxylic acids is 2. The molecule has 1 fully saturated rings. The molecule has 3 N–H and O–H groups in total. The zero-order valence-corrected chi connectivity index (χ0v) is 16.7. The van der Waals surface area contributed by atoms with Crippen LogP contribution in [0.25, 0.3) is 10.9 Å². The Balaban J connectivity index is 1.79. The number of piperazine rings is 1. The summed E-state index contributed by atoms with van der Waals surface area (Å²) in [5, 5.41) is 12.3. The number of hydrogen-bond acceptors (Lipinski definition) is 6. The number of carbonyl (C=O) groups is 2. The van der Waals surface area contributed by atoms with Crippen LogP contribution >= 0.6 is 0 Å². The predicted molar refractivity (Wildman–Crippen MR) is 107 cm³/mol. The van der Waals surface area contributed by atoms with Crippen molar-refractivity contribution in [2.45, 2.75) is 19.9 Å². The molecule has 9 heteroatoms. The number of β-amino-alcohol motifs (C(OH)–C–C–N with tert-alkyl or cyclic N) is 1. The van der Waals surface area contributed by atoms with E-state index >= 15 is 0 Å². The highest BCUT2D eigenvalue weighted by Gasteiger charge is 2.28. The van der Waals surface area contributed by atoms with Crippen molar-refractivity contribution >= 4 is 28.5 Å². The van der Waals surface area contributed by atoms with E-state index in [0.29, 0.717) is 30.5 Å². The normalized spacial score (nSPS) is 16.7. The number of amides is 1. The van der Waals surface area contributed by atoms with Crippen LogP contribution in [0.2, 0.25) is 0 Å². The summed E-state index contributed by atoms with van der Waals surface area (Å²) in [4.78, 5) is 32.4. The molecule has 0 saturated carbocycles. The van der Waals surface area contributed by atoms with E-state index in [4.69, 9.17) is 9.84 Å². The fraction of sp³-hybridized carbons (Fsp3) is 0.500. The van der Waals surface area contributed by atoms with Crippen molar-refractivity contribution in [3.8, 4) is 0 Å². The van der Waals surface area contributed by atoms with E-state index in [9.17, 15) is 14.0 Å². The average Bonchev–Trinajstić information content (AvgIpc) is 3.06. The SMILES string of the molecule is CCOC(=O)c1[nH]c2ccc(F)cc2c1NC(=O)C(C)N1CCN(CCO)CC1. The topological polar surface area (TPSA) is 97.9 Å². The fourth-order valence-electron chi connectivity index (χ4n) is 3.56. The Kier molecular flexibility index (Phi) is 6.83. The van der Waals surface area contributed by atoms with Gasteiger partial charge in [0.2, 0.25) is 5.91 Å². The Morgan fingerprint density at radius 3 is 2.69 bits per heavy atom. The highest BCUT2D eigenvalue weighted by molar-refractivity contribution is 6.11. The van der Waals surface area contributed by atoms with Gasteiger partial charge in [0.1, 0.15) is 11.5 Å². The lowest BCUT2D eigenvalue weighted by molar-refractivity contribution is -0.121. The molecule has 1 amide bonds. The number of fused-ring (bicyclic) bond motifs is 1. The number of aliphatic hydroxyl groups is 1. The van der Waals surface area contributed by atoms with Crippen LogP contribution in [-0.4, -0.2) is 83.7 Å². The second-order valence-electron chi connectivity index (χ2n) is 7.05. The lowest BCUT2D eigenvalue weighted by Crippen LogP contribution is -2.53. The van der Waals surface area contributed by atoms with Crippen molar-refractivity contribution in [3.63, 3.8) is 0 Å². The smallest absolute Gasteiger partial charge is 0.356 e. The van der Waals surface area contributed by atoms with Gasteiger partial charge in [-0.2, -0.15) is 0 Å². The molecule has 0 radical (unpaired) electrons. The lowest BCUT2D eigenvalue weighted by atomic mass is 10.1. The Labute approximate surface area is 168 Å². The van der Waals surface area contributed by atoms with Gasteiger partial charge in [-0.1, -0.05) is 0 Å². The van der Waals surface area contributed by atoms with Crippen LogP contribution in [0, 0.1) is 5.82 Å². The summed E-state index contributed by atoms with van der Waals surface area (Å²) in [5.74, 6) is -1.35. The summed E-state index contributed by atoms with van der Waals surface area (Å²) in [7, 11) is 0. The van der Waals surface area contributed by atoms with E-state index in [-0.39, 0.29) is 30.5 Å². The second kappa shape index (κ2) is 9.34. The third kappa shape index (κ3) is 4.75. The van der Waals surface area contributed by atoms with Crippen LogP contribution < -0.4 is 5.32 Å². The molecule has 3 rings (SSSR count). The number of aromatic nitrogens is 1. The number of anilines is 1. The van der Waals surface area contributed by atoms with Crippen molar-refractivity contribution in [1.82, 2.24) is 14.8 Å². The van der Waals surface area contributed by atoms with Gasteiger partial charge in [0, 0.05) is 43.6 Å². The number of aliphatic hydroxyl groups excluding tert-OH is 1. The van der Waals surface area contributed by atoms with Crippen LogP contribution in [0.4, 0.5) is 10.1 Å². The number of ether oxygens (including phenoxy) is 1. The molecule has 1 aliphatic rings. The number of halogens is 1. The van der Waals surface area contributed by atoms with Gasteiger partial charge in [-0.15, -0.1) is 0 Å². The standard InChI is InChI=1S/C20H27FN4O4/c1-3-29-20(28)18-17(15-12-14(21)4-5-16(15)22-18)23-19(27)13(2)25-8-6-24(7-9-25)10-11-26/h4-5,12-13,22,26H,3,6-11H2,1-2H3,(H,23,27). The molecule has 1 saturated heterocycles. The van der Waals surface area contributed by atoms with E-state index in [0.717, 1.165) is 13.1 Å². The molecule has 2 heterocycles. The van der Waals surface area contributed by atoms with Crippen LogP contribution in [0.15, 0.2) is 18.2 Å². The summed E-state index contributed by atoms with van der Waals surface area (Å²) in [6.45, 7) is 7.35. The summed E-state index contributed by atoms with van der Waals surface area (Å²) in [6, 6.07) is 3.66. The molecule has 8 nitrogen and oxygen atoms in total. The van der Waals surface area contributed by atoms with E-state index in [1.807, 2.05) is 4.90 Å². The van der Waals surface area contributed by atoms with Crippen molar-refractivity contribution in [2.75, 3.05) is 51.3 Å². The molecule has 1 unspecified atom stereocenters. The molecular weight excluding hydrogens is 379 g/mol. The number of hydrogen-bond donors (Lipinski definition) is 3. The molecule has 2 aromatic rings. The Bertz CT molecular complexity index is 877. The monoisotopic (exact) mass is 406 g/mol. The maximum absolute atomic E-state index is 13.8. The number of esters is 1. The van der Waals surface area contributed by atoms with Gasteiger partial charge >= 0.3 is 5.97 Å². The first-order valence-corrected chi connectivity index (χ1v) is 9.81. The van der Waals surface area contributed by atoms with Gasteiger partial charge in [-0.25, -0.2) is 9.18 Å². The van der Waals surface area contributed by atoms with Crippen LogP contribution in [0.3, 0.4) is 0 Å². The number of nitrogens with one attached hydrogen (secondary N) is 2. The van der Waals surface area contributed by atoms with Crippen LogP contribution in [0.5, 0.6) is 0 Å². The predicted octanol–water partition coefficient (Wildman–Crippen LogP) is 1.42. The van der Waals surface area contributed by atoms with Crippen molar-refractivity contribution in [1.29, 1.82) is 0 Å². The van der Waals surface area contributed by atoms with E-state index in [1.54, 1.807) is 13.8 Å². The zero-order valence-electron chi connectivity index (χ0n) is 16.7.